The molecule has 0 aromatic heterocycles. The lowest BCUT2D eigenvalue weighted by Crippen LogP contribution is -3.00. The second-order valence-corrected chi connectivity index (χ2v) is 5.43. The second-order valence-electron chi connectivity index (χ2n) is 5.43. The number of hydrazone groups is 1. The average molecular weight is 284 g/mol. The van der Waals surface area contributed by atoms with E-state index in [0.29, 0.717) is 0 Å². The van der Waals surface area contributed by atoms with Gasteiger partial charge in [0, 0.05) is 17.2 Å². The number of hydrogen-bond donors (Lipinski definition) is 5. The molecule has 0 saturated carbocycles. The normalized spacial score (nSPS) is 15.9. The minimum Gasteiger partial charge on any atom is -0.595 e. The predicted molar refractivity (Wildman–Crippen MR) is 74.2 cm³/mol. The molecule has 8 nitrogen and oxygen atoms in total. The molecular weight excluding hydrogens is 264 g/mol. The molecule has 112 valence electrons. The molecule has 0 aliphatic heterocycles. The topological polar surface area (TPSA) is 120 Å². The minimum absolute atomic E-state index is 0.0792. The summed E-state index contributed by atoms with van der Waals surface area (Å²) in [5.74, 6) is 0. The van der Waals surface area contributed by atoms with Gasteiger partial charge in [0.05, 0.1) is 6.07 Å². The van der Waals surface area contributed by atoms with Crippen LogP contribution in [0.3, 0.4) is 0 Å². The van der Waals surface area contributed by atoms with E-state index in [4.69, 9.17) is 10.4 Å². The van der Waals surface area contributed by atoms with Crippen LogP contribution in [0.4, 0.5) is 17.1 Å². The van der Waals surface area contributed by atoms with Gasteiger partial charge in [-0.05, 0) is 13.0 Å². The van der Waals surface area contributed by atoms with Gasteiger partial charge in [-0.25, -0.2) is 10.4 Å². The maximum atomic E-state index is 11.2. The summed E-state index contributed by atoms with van der Waals surface area (Å²) in [5.41, 5.74) is 3.39. The molecule has 5 N–H and O–H groups in total. The third-order valence-electron chi connectivity index (χ3n) is 2.93. The van der Waals surface area contributed by atoms with Crippen LogP contribution in [0.1, 0.15) is 27.7 Å². The molecule has 1 rings (SSSR count). The van der Waals surface area contributed by atoms with Gasteiger partial charge in [-0.15, -0.1) is 0 Å². The Bertz CT molecular complexity index is 495. The lowest BCUT2D eigenvalue weighted by Gasteiger charge is -2.20. The molecule has 0 aliphatic carbocycles. The van der Waals surface area contributed by atoms with Gasteiger partial charge >= 0.3 is 0 Å². The highest BCUT2D eigenvalue weighted by molar-refractivity contribution is 5.87. The molecule has 0 fully saturated rings. The summed E-state index contributed by atoms with van der Waals surface area (Å²) < 4.78 is 0. The summed E-state index contributed by atoms with van der Waals surface area (Å²) in [6.45, 7) is 7.79. The van der Waals surface area contributed by atoms with Gasteiger partial charge in [0.2, 0.25) is 0 Å². The van der Waals surface area contributed by atoms with Crippen LogP contribution in [0.5, 0.6) is 0 Å². The first-order valence-corrected chi connectivity index (χ1v) is 6.04. The van der Waals surface area contributed by atoms with E-state index in [9.17, 15) is 10.4 Å². The molecule has 2 unspecified atom stereocenters. The van der Waals surface area contributed by atoms with E-state index < -0.39 is 10.5 Å². The summed E-state index contributed by atoms with van der Waals surface area (Å²) in [4.78, 5) is 0. The maximum Gasteiger partial charge on any atom is 0.195 e. The number of rotatable bonds is 4. The highest BCUT2D eigenvalue weighted by atomic mass is 16.8. The highest BCUT2D eigenvalue weighted by Crippen LogP contribution is 2.22. The Labute approximate surface area is 117 Å². The summed E-state index contributed by atoms with van der Waals surface area (Å²) in [7, 11) is 0. The van der Waals surface area contributed by atoms with Crippen LogP contribution in [0.25, 0.3) is 0 Å². The molecular formula is C12H20N4O4. The monoisotopic (exact) mass is 284 g/mol. The number of benzene rings is 1. The summed E-state index contributed by atoms with van der Waals surface area (Å²) in [6, 6.07) is 3.83. The van der Waals surface area contributed by atoms with Gasteiger partial charge in [0.25, 0.3) is 0 Å². The average Bonchev–Trinajstić information content (AvgIpc) is 2.34. The van der Waals surface area contributed by atoms with Crippen molar-refractivity contribution in [3.63, 3.8) is 0 Å². The molecule has 0 radical (unpaired) electrons. The molecule has 8 heteroatoms. The smallest absolute Gasteiger partial charge is 0.195 e. The summed E-state index contributed by atoms with van der Waals surface area (Å²) in [6.07, 6.45) is 0. The molecule has 2 atom stereocenters. The van der Waals surface area contributed by atoms with Crippen LogP contribution in [0.2, 0.25) is 0 Å². The molecule has 0 bridgehead atoms. The molecule has 20 heavy (non-hydrogen) atoms. The van der Waals surface area contributed by atoms with E-state index in [-0.39, 0.29) is 22.5 Å². The van der Waals surface area contributed by atoms with Crippen LogP contribution in [0.15, 0.2) is 23.3 Å². The number of hydrogen-bond acceptors (Lipinski definition) is 6. The van der Waals surface area contributed by atoms with Gasteiger partial charge in [-0.3, -0.25) is 5.43 Å². The minimum atomic E-state index is -1.21. The van der Waals surface area contributed by atoms with E-state index in [1.807, 2.05) is 27.7 Å². The van der Waals surface area contributed by atoms with Gasteiger partial charge < -0.3 is 10.4 Å². The molecule has 0 amide bonds. The van der Waals surface area contributed by atoms with E-state index in [0.717, 1.165) is 11.8 Å². The van der Waals surface area contributed by atoms with Crippen molar-refractivity contribution in [2.24, 2.45) is 10.5 Å². The number of nitrogens with zero attached hydrogens (tertiary/aromatic N) is 1. The van der Waals surface area contributed by atoms with Crippen LogP contribution < -0.4 is 15.9 Å². The fraction of sp³-hybridized carbons (Fsp3) is 0.417. The Hall–Kier alpha value is -1.55. The molecule has 1 aromatic rings. The van der Waals surface area contributed by atoms with Crippen LogP contribution in [0, 0.1) is 15.8 Å². The Kier molecular flexibility index (Phi) is 5.17. The second kappa shape index (κ2) is 6.27. The molecule has 0 spiro atoms. The fourth-order valence-corrected chi connectivity index (χ4v) is 1.26. The van der Waals surface area contributed by atoms with Crippen molar-refractivity contribution in [2.45, 2.75) is 27.7 Å². The Morgan fingerprint density at radius 2 is 1.80 bits per heavy atom. The van der Waals surface area contributed by atoms with Crippen molar-refractivity contribution < 1.29 is 20.9 Å². The summed E-state index contributed by atoms with van der Waals surface area (Å²) >= 11 is 0. The molecule has 0 aliphatic rings. The largest absolute Gasteiger partial charge is 0.595 e. The molecule has 1 aromatic carbocycles. The Balaban J connectivity index is 3.07. The van der Waals surface area contributed by atoms with Crippen molar-refractivity contribution in [3.05, 3.63) is 28.6 Å². The zero-order valence-electron chi connectivity index (χ0n) is 11.9. The van der Waals surface area contributed by atoms with Crippen molar-refractivity contribution >= 4 is 22.8 Å². The van der Waals surface area contributed by atoms with Crippen molar-refractivity contribution in [1.29, 1.82) is 0 Å². The number of nitrogens with one attached hydrogen (secondary N) is 3. The lowest BCUT2D eigenvalue weighted by molar-refractivity contribution is -0.996. The van der Waals surface area contributed by atoms with Gasteiger partial charge in [-0.1, -0.05) is 20.8 Å². The van der Waals surface area contributed by atoms with Crippen molar-refractivity contribution in [1.82, 2.24) is 0 Å². The quantitative estimate of drug-likeness (QED) is 0.403. The fourth-order valence-electron chi connectivity index (χ4n) is 1.26. The van der Waals surface area contributed by atoms with Crippen LogP contribution in [-0.2, 0) is 0 Å². The lowest BCUT2D eigenvalue weighted by atomic mass is 9.91. The van der Waals surface area contributed by atoms with Gasteiger partial charge in [0.1, 0.15) is 5.69 Å². The van der Waals surface area contributed by atoms with E-state index in [2.05, 4.69) is 10.5 Å². The van der Waals surface area contributed by atoms with Gasteiger partial charge in [0.15, 0.2) is 11.4 Å². The summed E-state index contributed by atoms with van der Waals surface area (Å²) in [5, 5.41) is 41.7. The van der Waals surface area contributed by atoms with Crippen molar-refractivity contribution in [2.75, 3.05) is 5.43 Å². The van der Waals surface area contributed by atoms with Crippen LogP contribution >= 0.6 is 0 Å². The molecule has 0 heterocycles. The van der Waals surface area contributed by atoms with Crippen LogP contribution in [-0.4, -0.2) is 16.1 Å². The van der Waals surface area contributed by atoms with Crippen molar-refractivity contribution in [3.8, 4) is 0 Å². The number of quaternary nitrogens is 2. The SMILES string of the molecule is CC(=NNc1ccc([NH+]([O-])O)cc1[NH+]([O-])O)C(C)(C)C. The van der Waals surface area contributed by atoms with Gasteiger partial charge in [-0.2, -0.15) is 15.6 Å². The highest BCUT2D eigenvalue weighted by Gasteiger charge is 2.16. The first-order valence-electron chi connectivity index (χ1n) is 6.04. The Morgan fingerprint density at radius 3 is 2.25 bits per heavy atom. The number of anilines is 1. The van der Waals surface area contributed by atoms with E-state index in [1.165, 1.54) is 12.1 Å². The molecule has 0 saturated heterocycles. The third-order valence-corrected chi connectivity index (χ3v) is 2.93. The Morgan fingerprint density at radius 1 is 1.20 bits per heavy atom. The zero-order valence-corrected chi connectivity index (χ0v) is 11.9. The standard InChI is InChI=1S/C12H20N4O4/c1-8(12(2,3)4)13-14-10-6-5-9(15(17)18)7-11(10)16(19)20/h5-7,14-17,19H,1-4H3. The predicted octanol–water partition coefficient (Wildman–Crippen LogP) is 0.327. The van der Waals surface area contributed by atoms with E-state index in [1.54, 1.807) is 0 Å². The zero-order chi connectivity index (χ0) is 15.5. The first-order chi connectivity index (χ1) is 9.12. The third kappa shape index (κ3) is 4.23. The van der Waals surface area contributed by atoms with E-state index >= 15 is 0 Å². The first kappa shape index (κ1) is 16.5. The maximum absolute atomic E-state index is 11.2.